The molecule has 1 rings (SSSR count). The van der Waals surface area contributed by atoms with Crippen molar-refractivity contribution in [2.45, 2.75) is 44.8 Å². The molecular formula is C17H26N4O4. The SMILES string of the molecule is CC(C)(C)N(C[C@H](N)C(=O)N[C@@H](Cc1ccccc1)C(N)=O)C(=O)O. The second-order valence-electron chi connectivity index (χ2n) is 6.82. The smallest absolute Gasteiger partial charge is 0.407 e. The fourth-order valence-electron chi connectivity index (χ4n) is 2.27. The highest BCUT2D eigenvalue weighted by molar-refractivity contribution is 5.89. The number of carbonyl (C=O) groups is 3. The second kappa shape index (κ2) is 8.48. The predicted molar refractivity (Wildman–Crippen MR) is 93.7 cm³/mol. The number of hydrogen-bond donors (Lipinski definition) is 4. The van der Waals surface area contributed by atoms with Gasteiger partial charge in [-0.2, -0.15) is 0 Å². The Kier molecular flexibility index (Phi) is 6.93. The lowest BCUT2D eigenvalue weighted by Crippen LogP contribution is -2.57. The van der Waals surface area contributed by atoms with Gasteiger partial charge in [-0.3, -0.25) is 9.59 Å². The number of primary amides is 1. The van der Waals surface area contributed by atoms with Crippen molar-refractivity contribution in [2.24, 2.45) is 11.5 Å². The van der Waals surface area contributed by atoms with Crippen molar-refractivity contribution in [1.29, 1.82) is 0 Å². The molecule has 3 amide bonds. The first-order valence-corrected chi connectivity index (χ1v) is 7.92. The minimum Gasteiger partial charge on any atom is -0.465 e. The van der Waals surface area contributed by atoms with E-state index in [4.69, 9.17) is 11.5 Å². The lowest BCUT2D eigenvalue weighted by Gasteiger charge is -2.34. The van der Waals surface area contributed by atoms with Crippen LogP contribution in [0, 0.1) is 0 Å². The van der Waals surface area contributed by atoms with E-state index in [2.05, 4.69) is 5.32 Å². The largest absolute Gasteiger partial charge is 0.465 e. The third-order valence-corrected chi connectivity index (χ3v) is 3.70. The van der Waals surface area contributed by atoms with Gasteiger partial charge in [0.15, 0.2) is 0 Å². The molecule has 6 N–H and O–H groups in total. The van der Waals surface area contributed by atoms with E-state index in [0.29, 0.717) is 0 Å². The van der Waals surface area contributed by atoms with Crippen molar-refractivity contribution in [1.82, 2.24) is 10.2 Å². The summed E-state index contributed by atoms with van der Waals surface area (Å²) >= 11 is 0. The van der Waals surface area contributed by atoms with Crippen molar-refractivity contribution in [3.8, 4) is 0 Å². The van der Waals surface area contributed by atoms with Crippen molar-refractivity contribution >= 4 is 17.9 Å². The van der Waals surface area contributed by atoms with Gasteiger partial charge >= 0.3 is 6.09 Å². The highest BCUT2D eigenvalue weighted by Crippen LogP contribution is 2.13. The fourth-order valence-corrected chi connectivity index (χ4v) is 2.27. The summed E-state index contributed by atoms with van der Waals surface area (Å²) in [5.74, 6) is -1.31. The van der Waals surface area contributed by atoms with Crippen molar-refractivity contribution < 1.29 is 19.5 Å². The first-order chi connectivity index (χ1) is 11.5. The monoisotopic (exact) mass is 350 g/mol. The first-order valence-electron chi connectivity index (χ1n) is 7.92. The summed E-state index contributed by atoms with van der Waals surface area (Å²) < 4.78 is 0. The molecule has 138 valence electrons. The van der Waals surface area contributed by atoms with E-state index in [1.807, 2.05) is 30.3 Å². The van der Waals surface area contributed by atoms with Gasteiger partial charge in [0, 0.05) is 18.5 Å². The molecule has 0 aliphatic heterocycles. The van der Waals surface area contributed by atoms with Crippen LogP contribution < -0.4 is 16.8 Å². The normalized spacial score (nSPS) is 13.6. The minimum atomic E-state index is -1.17. The van der Waals surface area contributed by atoms with Crippen molar-refractivity contribution in [2.75, 3.05) is 6.54 Å². The lowest BCUT2D eigenvalue weighted by molar-refractivity contribution is -0.128. The molecule has 0 spiro atoms. The molecule has 0 aromatic heterocycles. The number of nitrogens with one attached hydrogen (secondary N) is 1. The van der Waals surface area contributed by atoms with Crippen LogP contribution in [0.1, 0.15) is 26.3 Å². The van der Waals surface area contributed by atoms with Gasteiger partial charge in [-0.25, -0.2) is 4.79 Å². The molecule has 8 nitrogen and oxygen atoms in total. The number of benzene rings is 1. The molecular weight excluding hydrogens is 324 g/mol. The Morgan fingerprint density at radius 2 is 1.76 bits per heavy atom. The highest BCUT2D eigenvalue weighted by Gasteiger charge is 2.31. The summed E-state index contributed by atoms with van der Waals surface area (Å²) in [6.07, 6.45) is -0.942. The lowest BCUT2D eigenvalue weighted by atomic mass is 10.0. The zero-order chi connectivity index (χ0) is 19.2. The molecule has 2 atom stereocenters. The standard InChI is InChI=1S/C17H26N4O4/c1-17(2,3)21(16(24)25)10-12(18)15(23)20-13(14(19)22)9-11-7-5-4-6-8-11/h4-8,12-13H,9-10,18H2,1-3H3,(H2,19,22)(H,20,23)(H,24,25)/t12-,13-/m0/s1. The number of amides is 3. The van der Waals surface area contributed by atoms with Crippen LogP contribution in [-0.2, 0) is 16.0 Å². The van der Waals surface area contributed by atoms with Crippen molar-refractivity contribution in [3.05, 3.63) is 35.9 Å². The van der Waals surface area contributed by atoms with Gasteiger partial charge in [0.05, 0.1) is 0 Å². The van der Waals surface area contributed by atoms with Gasteiger partial charge in [-0.15, -0.1) is 0 Å². The molecule has 1 aromatic carbocycles. The molecule has 0 heterocycles. The minimum absolute atomic E-state index is 0.193. The van der Waals surface area contributed by atoms with E-state index >= 15 is 0 Å². The quantitative estimate of drug-likeness (QED) is 0.560. The Bertz CT molecular complexity index is 613. The molecule has 1 aromatic rings. The zero-order valence-electron chi connectivity index (χ0n) is 14.7. The van der Waals surface area contributed by atoms with E-state index < -0.39 is 35.5 Å². The number of nitrogens with two attached hydrogens (primary N) is 2. The van der Waals surface area contributed by atoms with Gasteiger partial charge in [0.1, 0.15) is 12.1 Å². The van der Waals surface area contributed by atoms with Crippen LogP contribution in [0.25, 0.3) is 0 Å². The van der Waals surface area contributed by atoms with E-state index in [1.165, 1.54) is 0 Å². The summed E-state index contributed by atoms with van der Waals surface area (Å²) in [5.41, 5.74) is 11.3. The Morgan fingerprint density at radius 1 is 1.20 bits per heavy atom. The molecule has 0 bridgehead atoms. The third-order valence-electron chi connectivity index (χ3n) is 3.70. The highest BCUT2D eigenvalue weighted by atomic mass is 16.4. The summed E-state index contributed by atoms with van der Waals surface area (Å²) in [5, 5.41) is 11.8. The second-order valence-corrected chi connectivity index (χ2v) is 6.82. The Balaban J connectivity index is 2.76. The number of nitrogens with zero attached hydrogens (tertiary/aromatic N) is 1. The van der Waals surface area contributed by atoms with Gasteiger partial charge in [-0.1, -0.05) is 30.3 Å². The number of rotatable bonds is 7. The van der Waals surface area contributed by atoms with Crippen LogP contribution in [0.5, 0.6) is 0 Å². The fraction of sp³-hybridized carbons (Fsp3) is 0.471. The molecule has 0 radical (unpaired) electrons. The molecule has 8 heteroatoms. The third kappa shape index (κ3) is 6.42. The maximum absolute atomic E-state index is 12.3. The van der Waals surface area contributed by atoms with Crippen LogP contribution >= 0.6 is 0 Å². The molecule has 25 heavy (non-hydrogen) atoms. The van der Waals surface area contributed by atoms with Gasteiger partial charge in [0.2, 0.25) is 11.8 Å². The van der Waals surface area contributed by atoms with Gasteiger partial charge < -0.3 is 26.8 Å². The topological polar surface area (TPSA) is 139 Å². The Morgan fingerprint density at radius 3 is 2.20 bits per heavy atom. The van der Waals surface area contributed by atoms with Crippen molar-refractivity contribution in [3.63, 3.8) is 0 Å². The van der Waals surface area contributed by atoms with Crippen LogP contribution in [0.4, 0.5) is 4.79 Å². The molecule has 0 aliphatic rings. The summed E-state index contributed by atoms with van der Waals surface area (Å²) in [4.78, 5) is 36.3. The van der Waals surface area contributed by atoms with Crippen LogP contribution in [0.3, 0.4) is 0 Å². The van der Waals surface area contributed by atoms with Gasteiger partial charge in [-0.05, 0) is 26.3 Å². The summed E-state index contributed by atoms with van der Waals surface area (Å²) in [6.45, 7) is 4.91. The van der Waals surface area contributed by atoms with E-state index in [-0.39, 0.29) is 13.0 Å². The maximum Gasteiger partial charge on any atom is 0.407 e. The average Bonchev–Trinajstić information content (AvgIpc) is 2.50. The number of carbonyl (C=O) groups excluding carboxylic acids is 2. The first kappa shape index (κ1) is 20.4. The van der Waals surface area contributed by atoms with Crippen LogP contribution in [0.2, 0.25) is 0 Å². The number of hydrogen-bond acceptors (Lipinski definition) is 4. The summed E-state index contributed by atoms with van der Waals surface area (Å²) in [7, 11) is 0. The van der Waals surface area contributed by atoms with E-state index in [1.54, 1.807) is 20.8 Å². The zero-order valence-corrected chi connectivity index (χ0v) is 14.7. The van der Waals surface area contributed by atoms with E-state index in [9.17, 15) is 19.5 Å². The average molecular weight is 350 g/mol. The predicted octanol–water partition coefficient (Wildman–Crippen LogP) is 0.305. The molecule has 0 aliphatic carbocycles. The van der Waals surface area contributed by atoms with E-state index in [0.717, 1.165) is 10.5 Å². The summed E-state index contributed by atoms with van der Waals surface area (Å²) in [6, 6.07) is 7.05. The molecule has 0 saturated heterocycles. The molecule has 0 fully saturated rings. The van der Waals surface area contributed by atoms with Crippen LogP contribution in [0.15, 0.2) is 30.3 Å². The van der Waals surface area contributed by atoms with Gasteiger partial charge in [0.25, 0.3) is 0 Å². The number of carboxylic acid groups (broad SMARTS) is 1. The molecule has 0 saturated carbocycles. The maximum atomic E-state index is 12.3. The Labute approximate surface area is 147 Å². The van der Waals surface area contributed by atoms with Crippen LogP contribution in [-0.4, -0.2) is 52.1 Å². The molecule has 0 unspecified atom stereocenters. The Hall–Kier alpha value is -2.61.